The number of methoxy groups -OCH3 is 1. The smallest absolute Gasteiger partial charge is 0.438 e. The highest BCUT2D eigenvalue weighted by molar-refractivity contribution is 6.30. The summed E-state index contributed by atoms with van der Waals surface area (Å²) >= 11 is 5.91. The first-order chi connectivity index (χ1) is 20.8. The Morgan fingerprint density at radius 3 is 2.30 bits per heavy atom. The molecule has 43 heavy (non-hydrogen) atoms. The van der Waals surface area contributed by atoms with Gasteiger partial charge in [0.1, 0.15) is 6.61 Å². The molecule has 4 aromatic rings. The minimum atomic E-state index is -0.946. The number of nitrogens with one attached hydrogen (secondary N) is 1. The van der Waals surface area contributed by atoms with Crippen LogP contribution in [-0.4, -0.2) is 53.6 Å². The summed E-state index contributed by atoms with van der Waals surface area (Å²) in [5.74, 6) is -0.710. The molecule has 0 atom stereocenters. The second kappa shape index (κ2) is 17.2. The third-order valence-corrected chi connectivity index (χ3v) is 6.16. The molecular formula is C31H33ClN4O7. The SMILES string of the molecule is COC(=O)N(OC)c1ccccc1COc1ccn(-c2ccc(Cl)cc2)n1.O=C(O)CCC(=O)NCCc1ccccc1. The molecule has 0 aliphatic carbocycles. The molecule has 11 nitrogen and oxygen atoms in total. The molecule has 0 bridgehead atoms. The maximum absolute atomic E-state index is 11.9. The number of anilines is 1. The molecule has 2 amide bonds. The van der Waals surface area contributed by atoms with Crippen molar-refractivity contribution in [2.24, 2.45) is 0 Å². The van der Waals surface area contributed by atoms with E-state index in [4.69, 9.17) is 31.0 Å². The monoisotopic (exact) mass is 608 g/mol. The maximum atomic E-state index is 11.9. The van der Waals surface area contributed by atoms with Gasteiger partial charge in [0, 0.05) is 35.8 Å². The summed E-state index contributed by atoms with van der Waals surface area (Å²) in [7, 11) is 2.68. The number of para-hydroxylation sites is 1. The van der Waals surface area contributed by atoms with Gasteiger partial charge in [0.15, 0.2) is 0 Å². The van der Waals surface area contributed by atoms with E-state index in [1.807, 2.05) is 54.6 Å². The van der Waals surface area contributed by atoms with Gasteiger partial charge < -0.3 is 19.9 Å². The number of nitrogens with zero attached hydrogens (tertiary/aromatic N) is 3. The van der Waals surface area contributed by atoms with Gasteiger partial charge >= 0.3 is 12.1 Å². The standard InChI is InChI=1S/C19H18ClN3O4.C12H15NO3/c1-25-19(24)23(26-2)17-6-4-3-5-14(17)13-27-18-11-12-22(21-18)16-9-7-15(20)8-10-16;14-11(6-7-12(15)16)13-9-8-10-4-2-1-3-5-10/h3-12H,13H2,1-2H3;1-5H,6-9H2,(H,13,14)(H,15,16). The molecule has 0 saturated heterocycles. The van der Waals surface area contributed by atoms with E-state index in [1.54, 1.807) is 41.2 Å². The normalized spacial score (nSPS) is 10.2. The number of carbonyl (C=O) groups is 3. The number of amides is 2. The summed E-state index contributed by atoms with van der Waals surface area (Å²) in [4.78, 5) is 38.4. The van der Waals surface area contributed by atoms with Gasteiger partial charge in [0.05, 0.1) is 32.0 Å². The second-order valence-corrected chi connectivity index (χ2v) is 9.36. The number of aliphatic carboxylic acids is 1. The summed E-state index contributed by atoms with van der Waals surface area (Å²) < 4.78 is 12.2. The number of ether oxygens (including phenoxy) is 2. The average molecular weight is 609 g/mol. The number of hydrogen-bond acceptors (Lipinski definition) is 7. The predicted molar refractivity (Wildman–Crippen MR) is 161 cm³/mol. The van der Waals surface area contributed by atoms with Crippen LogP contribution in [0.25, 0.3) is 5.69 Å². The van der Waals surface area contributed by atoms with Crippen LogP contribution in [-0.2, 0) is 32.2 Å². The van der Waals surface area contributed by atoms with E-state index < -0.39 is 12.1 Å². The van der Waals surface area contributed by atoms with Crippen molar-refractivity contribution in [2.45, 2.75) is 25.9 Å². The van der Waals surface area contributed by atoms with Crippen LogP contribution in [0.15, 0.2) is 91.1 Å². The summed E-state index contributed by atoms with van der Waals surface area (Å²) in [6.45, 7) is 0.743. The molecule has 1 heterocycles. The molecule has 1 aromatic heterocycles. The molecule has 4 rings (SSSR count). The zero-order chi connectivity index (χ0) is 31.0. The van der Waals surface area contributed by atoms with Gasteiger partial charge in [-0.15, -0.1) is 5.10 Å². The van der Waals surface area contributed by atoms with Crippen LogP contribution >= 0.6 is 11.6 Å². The molecular weight excluding hydrogens is 576 g/mol. The highest BCUT2D eigenvalue weighted by Gasteiger charge is 2.19. The number of halogens is 1. The van der Waals surface area contributed by atoms with Crippen LogP contribution < -0.4 is 15.1 Å². The molecule has 3 aromatic carbocycles. The largest absolute Gasteiger partial charge is 0.481 e. The van der Waals surface area contributed by atoms with E-state index >= 15 is 0 Å². The highest BCUT2D eigenvalue weighted by atomic mass is 35.5. The fraction of sp³-hybridized carbons (Fsp3) is 0.226. The first-order valence-electron chi connectivity index (χ1n) is 13.3. The highest BCUT2D eigenvalue weighted by Crippen LogP contribution is 2.23. The van der Waals surface area contributed by atoms with Crippen molar-refractivity contribution in [2.75, 3.05) is 25.8 Å². The fourth-order valence-corrected chi connectivity index (χ4v) is 3.88. The van der Waals surface area contributed by atoms with E-state index in [0.29, 0.717) is 23.1 Å². The molecule has 0 aliphatic rings. The first-order valence-corrected chi connectivity index (χ1v) is 13.7. The first kappa shape index (κ1) is 32.6. The Bertz CT molecular complexity index is 1460. The van der Waals surface area contributed by atoms with E-state index in [2.05, 4.69) is 10.4 Å². The number of carboxylic acid groups (broad SMARTS) is 1. The molecule has 12 heteroatoms. The van der Waals surface area contributed by atoms with Crippen molar-refractivity contribution in [1.82, 2.24) is 15.1 Å². The average Bonchev–Trinajstić information content (AvgIpc) is 3.50. The summed E-state index contributed by atoms with van der Waals surface area (Å²) in [5.41, 5.74) is 3.29. The van der Waals surface area contributed by atoms with E-state index in [0.717, 1.165) is 28.3 Å². The Hall–Kier alpha value is -4.87. The Labute approximate surface area is 254 Å². The molecule has 0 radical (unpaired) electrons. The van der Waals surface area contributed by atoms with Gasteiger partial charge in [0.2, 0.25) is 11.8 Å². The van der Waals surface area contributed by atoms with Crippen molar-refractivity contribution < 1.29 is 33.8 Å². The van der Waals surface area contributed by atoms with Gasteiger partial charge in [0.25, 0.3) is 0 Å². The fourth-order valence-electron chi connectivity index (χ4n) is 3.76. The topological polar surface area (TPSA) is 132 Å². The van der Waals surface area contributed by atoms with Crippen molar-refractivity contribution in [1.29, 1.82) is 0 Å². The van der Waals surface area contributed by atoms with E-state index in [9.17, 15) is 14.4 Å². The van der Waals surface area contributed by atoms with Gasteiger partial charge in [-0.05, 0) is 42.3 Å². The predicted octanol–water partition coefficient (Wildman–Crippen LogP) is 5.45. The van der Waals surface area contributed by atoms with Crippen molar-refractivity contribution in [3.8, 4) is 11.6 Å². The maximum Gasteiger partial charge on any atom is 0.438 e. The van der Waals surface area contributed by atoms with Crippen LogP contribution in [0.4, 0.5) is 10.5 Å². The van der Waals surface area contributed by atoms with Gasteiger partial charge in [-0.3, -0.25) is 14.4 Å². The van der Waals surface area contributed by atoms with Gasteiger partial charge in [-0.2, -0.15) is 5.06 Å². The minimum absolute atomic E-state index is 0.0458. The van der Waals surface area contributed by atoms with E-state index in [1.165, 1.54) is 14.2 Å². The zero-order valence-electron chi connectivity index (χ0n) is 23.8. The number of carbonyl (C=O) groups excluding carboxylic acids is 2. The Kier molecular flexibility index (Phi) is 13.0. The number of hydrogen-bond donors (Lipinski definition) is 2. The van der Waals surface area contributed by atoms with Gasteiger partial charge in [-0.1, -0.05) is 60.1 Å². The summed E-state index contributed by atoms with van der Waals surface area (Å²) in [6, 6.07) is 26.1. The van der Waals surface area contributed by atoms with Gasteiger partial charge in [-0.25, -0.2) is 9.48 Å². The minimum Gasteiger partial charge on any atom is -0.481 e. The van der Waals surface area contributed by atoms with Crippen LogP contribution in [0.1, 0.15) is 24.0 Å². The Morgan fingerprint density at radius 1 is 0.930 bits per heavy atom. The lowest BCUT2D eigenvalue weighted by Gasteiger charge is -2.20. The quantitative estimate of drug-likeness (QED) is 0.203. The van der Waals surface area contributed by atoms with Crippen molar-refractivity contribution in [3.63, 3.8) is 0 Å². The molecule has 226 valence electrons. The number of aromatic nitrogens is 2. The van der Waals surface area contributed by atoms with Crippen molar-refractivity contribution in [3.05, 3.63) is 107 Å². The Balaban J connectivity index is 0.000000271. The summed E-state index contributed by atoms with van der Waals surface area (Å²) in [5, 5.41) is 17.2. The summed E-state index contributed by atoms with van der Waals surface area (Å²) in [6.07, 6.45) is 1.86. The number of rotatable bonds is 12. The number of carboxylic acids is 1. The van der Waals surface area contributed by atoms with Crippen LogP contribution in [0.5, 0.6) is 5.88 Å². The number of benzene rings is 3. The molecule has 0 unspecified atom stereocenters. The van der Waals surface area contributed by atoms with Crippen LogP contribution in [0.2, 0.25) is 5.02 Å². The lowest BCUT2D eigenvalue weighted by molar-refractivity contribution is -0.138. The zero-order valence-corrected chi connectivity index (χ0v) is 24.6. The van der Waals surface area contributed by atoms with E-state index in [-0.39, 0.29) is 25.4 Å². The lowest BCUT2D eigenvalue weighted by Crippen LogP contribution is -2.30. The lowest BCUT2D eigenvalue weighted by atomic mass is 10.1. The van der Waals surface area contributed by atoms with Crippen LogP contribution in [0.3, 0.4) is 0 Å². The number of hydroxylamine groups is 1. The second-order valence-electron chi connectivity index (χ2n) is 8.92. The van der Waals surface area contributed by atoms with Crippen LogP contribution in [0, 0.1) is 0 Å². The van der Waals surface area contributed by atoms with Crippen molar-refractivity contribution >= 4 is 35.3 Å². The molecule has 2 N–H and O–H groups in total. The Morgan fingerprint density at radius 2 is 1.63 bits per heavy atom. The molecule has 0 spiro atoms. The molecule has 0 fully saturated rings. The molecule has 0 saturated carbocycles. The molecule has 0 aliphatic heterocycles. The third kappa shape index (κ3) is 10.8. The third-order valence-electron chi connectivity index (χ3n) is 5.91.